The summed E-state index contributed by atoms with van der Waals surface area (Å²) in [6, 6.07) is 15.1. The summed E-state index contributed by atoms with van der Waals surface area (Å²) in [6.45, 7) is 6.01. The minimum atomic E-state index is -0.190. The second kappa shape index (κ2) is 8.22. The second-order valence-corrected chi connectivity index (χ2v) is 5.53. The molecule has 0 aliphatic carbocycles. The zero-order valence-corrected chi connectivity index (χ0v) is 13.8. The van der Waals surface area contributed by atoms with E-state index in [0.717, 1.165) is 17.9 Å². The SMILES string of the molecule is CCc1cccc(OCC(=O)Nc2ccc(OC(C)C)cc2)c1. The summed E-state index contributed by atoms with van der Waals surface area (Å²) in [5, 5.41) is 2.80. The lowest BCUT2D eigenvalue weighted by atomic mass is 10.2. The molecule has 0 radical (unpaired) electrons. The molecule has 0 bridgehead atoms. The van der Waals surface area contributed by atoms with Crippen LogP contribution in [0.15, 0.2) is 48.5 Å². The number of ether oxygens (including phenoxy) is 2. The monoisotopic (exact) mass is 313 g/mol. The summed E-state index contributed by atoms with van der Waals surface area (Å²) in [5.41, 5.74) is 1.90. The molecular formula is C19H23NO3. The average Bonchev–Trinajstić information content (AvgIpc) is 2.54. The zero-order valence-electron chi connectivity index (χ0n) is 13.8. The fourth-order valence-corrected chi connectivity index (χ4v) is 2.09. The lowest BCUT2D eigenvalue weighted by Crippen LogP contribution is -2.20. The zero-order chi connectivity index (χ0) is 16.7. The highest BCUT2D eigenvalue weighted by Crippen LogP contribution is 2.17. The fraction of sp³-hybridized carbons (Fsp3) is 0.316. The minimum Gasteiger partial charge on any atom is -0.491 e. The molecule has 122 valence electrons. The molecule has 0 aliphatic rings. The van der Waals surface area contributed by atoms with Crippen LogP contribution in [0.4, 0.5) is 5.69 Å². The van der Waals surface area contributed by atoms with Crippen LogP contribution in [-0.4, -0.2) is 18.6 Å². The largest absolute Gasteiger partial charge is 0.491 e. The number of rotatable bonds is 7. The number of hydrogen-bond acceptors (Lipinski definition) is 3. The van der Waals surface area contributed by atoms with Crippen LogP contribution in [0, 0.1) is 0 Å². The van der Waals surface area contributed by atoms with Crippen molar-refractivity contribution in [3.05, 3.63) is 54.1 Å². The molecule has 1 amide bonds. The molecule has 0 fully saturated rings. The molecule has 0 aliphatic heterocycles. The van der Waals surface area contributed by atoms with E-state index in [0.29, 0.717) is 5.75 Å². The lowest BCUT2D eigenvalue weighted by Gasteiger charge is -2.11. The topological polar surface area (TPSA) is 47.6 Å². The highest BCUT2D eigenvalue weighted by Gasteiger charge is 2.05. The highest BCUT2D eigenvalue weighted by atomic mass is 16.5. The maximum Gasteiger partial charge on any atom is 0.262 e. The quantitative estimate of drug-likeness (QED) is 0.838. The van der Waals surface area contributed by atoms with E-state index >= 15 is 0 Å². The molecule has 2 aromatic rings. The van der Waals surface area contributed by atoms with Crippen LogP contribution in [0.5, 0.6) is 11.5 Å². The van der Waals surface area contributed by atoms with Crippen LogP contribution >= 0.6 is 0 Å². The Morgan fingerprint density at radius 1 is 1.09 bits per heavy atom. The van der Waals surface area contributed by atoms with E-state index in [4.69, 9.17) is 9.47 Å². The number of nitrogens with one attached hydrogen (secondary N) is 1. The summed E-state index contributed by atoms with van der Waals surface area (Å²) in [5.74, 6) is 1.30. The van der Waals surface area contributed by atoms with Crippen molar-refractivity contribution in [2.75, 3.05) is 11.9 Å². The Hall–Kier alpha value is -2.49. The first-order chi connectivity index (χ1) is 11.1. The van der Waals surface area contributed by atoms with Gasteiger partial charge in [-0.2, -0.15) is 0 Å². The Balaban J connectivity index is 1.84. The Kier molecular flexibility index (Phi) is 6.03. The van der Waals surface area contributed by atoms with E-state index in [1.54, 1.807) is 0 Å². The third-order valence-electron chi connectivity index (χ3n) is 3.19. The first-order valence-electron chi connectivity index (χ1n) is 7.85. The molecule has 23 heavy (non-hydrogen) atoms. The molecule has 0 atom stereocenters. The van der Waals surface area contributed by atoms with Gasteiger partial charge in [-0.05, 0) is 62.2 Å². The molecular weight excluding hydrogens is 290 g/mol. The fourth-order valence-electron chi connectivity index (χ4n) is 2.09. The van der Waals surface area contributed by atoms with Gasteiger partial charge in [0.05, 0.1) is 6.10 Å². The second-order valence-electron chi connectivity index (χ2n) is 5.53. The van der Waals surface area contributed by atoms with E-state index in [2.05, 4.69) is 12.2 Å². The van der Waals surface area contributed by atoms with Crippen molar-refractivity contribution in [2.24, 2.45) is 0 Å². The Morgan fingerprint density at radius 3 is 2.48 bits per heavy atom. The van der Waals surface area contributed by atoms with Gasteiger partial charge in [0.2, 0.25) is 0 Å². The molecule has 0 unspecified atom stereocenters. The third-order valence-corrected chi connectivity index (χ3v) is 3.19. The summed E-state index contributed by atoms with van der Waals surface area (Å²) in [4.78, 5) is 11.9. The van der Waals surface area contributed by atoms with Gasteiger partial charge < -0.3 is 14.8 Å². The molecule has 4 nitrogen and oxygen atoms in total. The molecule has 2 rings (SSSR count). The summed E-state index contributed by atoms with van der Waals surface area (Å²) < 4.78 is 11.1. The van der Waals surface area contributed by atoms with Crippen molar-refractivity contribution < 1.29 is 14.3 Å². The highest BCUT2D eigenvalue weighted by molar-refractivity contribution is 5.91. The Labute approximate surface area is 137 Å². The maximum absolute atomic E-state index is 11.9. The Bertz CT molecular complexity index is 635. The predicted molar refractivity (Wildman–Crippen MR) is 92.2 cm³/mol. The third kappa shape index (κ3) is 5.66. The van der Waals surface area contributed by atoms with Gasteiger partial charge in [-0.25, -0.2) is 0 Å². The van der Waals surface area contributed by atoms with Crippen LogP contribution in [0.1, 0.15) is 26.3 Å². The molecule has 0 saturated carbocycles. The van der Waals surface area contributed by atoms with Gasteiger partial charge >= 0.3 is 0 Å². The van der Waals surface area contributed by atoms with Gasteiger partial charge in [-0.15, -0.1) is 0 Å². The van der Waals surface area contributed by atoms with Gasteiger partial charge in [0.25, 0.3) is 5.91 Å². The first-order valence-corrected chi connectivity index (χ1v) is 7.85. The number of carbonyl (C=O) groups excluding carboxylic acids is 1. The minimum absolute atomic E-state index is 0.0165. The molecule has 0 aromatic heterocycles. The van der Waals surface area contributed by atoms with E-state index in [-0.39, 0.29) is 18.6 Å². The number of anilines is 1. The number of amides is 1. The Morgan fingerprint density at radius 2 is 1.83 bits per heavy atom. The van der Waals surface area contributed by atoms with Gasteiger partial charge in [-0.3, -0.25) is 4.79 Å². The molecule has 0 saturated heterocycles. The van der Waals surface area contributed by atoms with Crippen LogP contribution < -0.4 is 14.8 Å². The average molecular weight is 313 g/mol. The van der Waals surface area contributed by atoms with Crippen LogP contribution in [0.25, 0.3) is 0 Å². The summed E-state index contributed by atoms with van der Waals surface area (Å²) in [7, 11) is 0. The van der Waals surface area contributed by atoms with E-state index in [9.17, 15) is 4.79 Å². The lowest BCUT2D eigenvalue weighted by molar-refractivity contribution is -0.118. The smallest absolute Gasteiger partial charge is 0.262 e. The van der Waals surface area contributed by atoms with Crippen molar-refractivity contribution in [1.29, 1.82) is 0 Å². The summed E-state index contributed by atoms with van der Waals surface area (Å²) >= 11 is 0. The molecule has 0 spiro atoms. The maximum atomic E-state index is 11.9. The number of hydrogen-bond donors (Lipinski definition) is 1. The van der Waals surface area contributed by atoms with Crippen LogP contribution in [0.2, 0.25) is 0 Å². The van der Waals surface area contributed by atoms with Crippen molar-refractivity contribution in [1.82, 2.24) is 0 Å². The van der Waals surface area contributed by atoms with Crippen molar-refractivity contribution in [3.63, 3.8) is 0 Å². The van der Waals surface area contributed by atoms with E-state index < -0.39 is 0 Å². The molecule has 4 heteroatoms. The van der Waals surface area contributed by atoms with Crippen molar-refractivity contribution in [2.45, 2.75) is 33.3 Å². The first kappa shape index (κ1) is 16.9. The van der Waals surface area contributed by atoms with E-state index in [1.807, 2.05) is 62.4 Å². The predicted octanol–water partition coefficient (Wildman–Crippen LogP) is 4.05. The van der Waals surface area contributed by atoms with Gasteiger partial charge in [0.15, 0.2) is 6.61 Å². The van der Waals surface area contributed by atoms with Crippen LogP contribution in [-0.2, 0) is 11.2 Å². The molecule has 2 aromatic carbocycles. The number of benzene rings is 2. The number of carbonyl (C=O) groups is 1. The number of aryl methyl sites for hydroxylation is 1. The van der Waals surface area contributed by atoms with Crippen LogP contribution in [0.3, 0.4) is 0 Å². The van der Waals surface area contributed by atoms with Crippen molar-refractivity contribution in [3.8, 4) is 11.5 Å². The molecule has 1 N–H and O–H groups in total. The van der Waals surface area contributed by atoms with Gasteiger partial charge in [-0.1, -0.05) is 19.1 Å². The van der Waals surface area contributed by atoms with Crippen molar-refractivity contribution >= 4 is 11.6 Å². The van der Waals surface area contributed by atoms with Gasteiger partial charge in [0.1, 0.15) is 11.5 Å². The van der Waals surface area contributed by atoms with E-state index in [1.165, 1.54) is 5.56 Å². The molecule has 0 heterocycles. The van der Waals surface area contributed by atoms with Gasteiger partial charge in [0, 0.05) is 5.69 Å². The summed E-state index contributed by atoms with van der Waals surface area (Å²) in [6.07, 6.45) is 1.07. The standard InChI is InChI=1S/C19H23NO3/c1-4-15-6-5-7-18(12-15)22-13-19(21)20-16-8-10-17(11-9-16)23-14(2)3/h5-12,14H,4,13H2,1-3H3,(H,20,21). The normalized spacial score (nSPS) is 10.4.